The molecule has 0 spiro atoms. The minimum absolute atomic E-state index is 0.0779. The van der Waals surface area contributed by atoms with Crippen LogP contribution >= 0.6 is 0 Å². The van der Waals surface area contributed by atoms with Gasteiger partial charge in [-0.2, -0.15) is 5.10 Å². The second-order valence-electron chi connectivity index (χ2n) is 7.73. The van der Waals surface area contributed by atoms with E-state index in [4.69, 9.17) is 0 Å². The van der Waals surface area contributed by atoms with Gasteiger partial charge in [0.05, 0.1) is 12.3 Å². The Labute approximate surface area is 144 Å². The molecule has 6 nitrogen and oxygen atoms in total. The molecule has 0 bridgehead atoms. The van der Waals surface area contributed by atoms with Crippen LogP contribution in [0.2, 0.25) is 0 Å². The van der Waals surface area contributed by atoms with Gasteiger partial charge in [-0.25, -0.2) is 0 Å². The number of likely N-dealkylation sites (tertiary alicyclic amines) is 1. The van der Waals surface area contributed by atoms with E-state index in [9.17, 15) is 9.90 Å². The fourth-order valence-electron chi connectivity index (χ4n) is 3.89. The van der Waals surface area contributed by atoms with Crippen LogP contribution in [0.25, 0.3) is 0 Å². The Hall–Kier alpha value is -1.40. The smallest absolute Gasteiger partial charge is 0.225 e. The van der Waals surface area contributed by atoms with Crippen molar-refractivity contribution in [3.8, 4) is 0 Å². The molecular formula is C18H30N4O2. The van der Waals surface area contributed by atoms with E-state index in [0.717, 1.165) is 38.8 Å². The number of hydrogen-bond acceptors (Lipinski definition) is 4. The third kappa shape index (κ3) is 3.81. The van der Waals surface area contributed by atoms with E-state index >= 15 is 0 Å². The molecule has 3 rings (SSSR count). The number of nitrogens with one attached hydrogen (secondary N) is 1. The van der Waals surface area contributed by atoms with Crippen molar-refractivity contribution < 1.29 is 9.90 Å². The van der Waals surface area contributed by atoms with Crippen molar-refractivity contribution in [2.75, 3.05) is 13.1 Å². The number of amides is 1. The van der Waals surface area contributed by atoms with Crippen molar-refractivity contribution in [3.63, 3.8) is 0 Å². The van der Waals surface area contributed by atoms with Gasteiger partial charge in [0.2, 0.25) is 5.91 Å². The highest BCUT2D eigenvalue weighted by molar-refractivity contribution is 5.78. The number of rotatable bonds is 5. The minimum Gasteiger partial charge on any atom is -0.393 e. The first-order valence-electron chi connectivity index (χ1n) is 9.15. The third-order valence-electron chi connectivity index (χ3n) is 5.42. The molecule has 2 heterocycles. The Morgan fingerprint density at radius 1 is 1.33 bits per heavy atom. The van der Waals surface area contributed by atoms with Gasteiger partial charge in [0.15, 0.2) is 0 Å². The molecule has 2 aliphatic rings. The first-order valence-corrected chi connectivity index (χ1v) is 9.15. The maximum Gasteiger partial charge on any atom is 0.225 e. The van der Waals surface area contributed by atoms with Crippen LogP contribution in [-0.4, -0.2) is 50.9 Å². The second kappa shape index (κ2) is 7.23. The largest absolute Gasteiger partial charge is 0.393 e. The van der Waals surface area contributed by atoms with Gasteiger partial charge in [0.25, 0.3) is 0 Å². The summed E-state index contributed by atoms with van der Waals surface area (Å²) >= 11 is 0. The summed E-state index contributed by atoms with van der Waals surface area (Å²) in [5.41, 5.74) is 1.20. The molecule has 0 radical (unpaired) electrons. The fourth-order valence-corrected chi connectivity index (χ4v) is 3.89. The zero-order valence-electron chi connectivity index (χ0n) is 15.0. The van der Waals surface area contributed by atoms with Crippen molar-refractivity contribution in [2.24, 2.45) is 18.9 Å². The van der Waals surface area contributed by atoms with E-state index in [0.29, 0.717) is 12.0 Å². The number of carbonyl (C=O) groups is 1. The van der Waals surface area contributed by atoms with Crippen LogP contribution in [0.15, 0.2) is 12.4 Å². The van der Waals surface area contributed by atoms with Crippen LogP contribution in [-0.2, 0) is 11.8 Å². The highest BCUT2D eigenvalue weighted by atomic mass is 16.3. The van der Waals surface area contributed by atoms with Gasteiger partial charge >= 0.3 is 0 Å². The first kappa shape index (κ1) is 17.4. The third-order valence-corrected chi connectivity index (χ3v) is 5.42. The van der Waals surface area contributed by atoms with Gasteiger partial charge in [-0.05, 0) is 31.6 Å². The van der Waals surface area contributed by atoms with E-state index in [-0.39, 0.29) is 24.0 Å². The normalized spacial score (nSPS) is 26.5. The lowest BCUT2D eigenvalue weighted by molar-refractivity contribution is -0.135. The Morgan fingerprint density at radius 2 is 2.00 bits per heavy atom. The van der Waals surface area contributed by atoms with E-state index in [1.165, 1.54) is 5.56 Å². The van der Waals surface area contributed by atoms with Crippen LogP contribution in [0.3, 0.4) is 0 Å². The summed E-state index contributed by atoms with van der Waals surface area (Å²) in [7, 11) is 1.94. The number of nitrogens with zero attached hydrogens (tertiary/aromatic N) is 3. The lowest BCUT2D eigenvalue weighted by atomic mass is 9.75. The molecule has 134 valence electrons. The van der Waals surface area contributed by atoms with Crippen LogP contribution in [0, 0.1) is 11.8 Å². The zero-order valence-corrected chi connectivity index (χ0v) is 15.0. The number of aromatic nitrogens is 2. The molecule has 2 N–H and O–H groups in total. The lowest BCUT2D eigenvalue weighted by Gasteiger charge is -2.41. The maximum atomic E-state index is 12.1. The standard InChI is InChI=1S/C18H30N4O2/c1-12(2)18(24)22-6-4-15(5-7-22)20-17(13-8-16(23)9-13)14-10-19-21(3)11-14/h10-13,15-17,20,23H,4-9H2,1-3H3/t13?,16?,17-/m0/s1. The molecule has 1 aliphatic heterocycles. The number of aliphatic hydroxyl groups excluding tert-OH is 1. The number of hydrogen-bond donors (Lipinski definition) is 2. The molecule has 1 saturated carbocycles. The average Bonchev–Trinajstić information content (AvgIpc) is 2.96. The van der Waals surface area contributed by atoms with Gasteiger partial charge in [-0.3, -0.25) is 9.48 Å². The monoisotopic (exact) mass is 334 g/mol. The SMILES string of the molecule is CC(C)C(=O)N1CCC(N[C@H](c2cnn(C)c2)C2CC(O)C2)CC1. The van der Waals surface area contributed by atoms with Gasteiger partial charge in [-0.1, -0.05) is 13.8 Å². The van der Waals surface area contributed by atoms with E-state index < -0.39 is 0 Å². The van der Waals surface area contributed by atoms with Gasteiger partial charge in [0, 0.05) is 49.9 Å². The summed E-state index contributed by atoms with van der Waals surface area (Å²) in [4.78, 5) is 14.1. The number of aryl methyl sites for hydroxylation is 1. The van der Waals surface area contributed by atoms with Crippen molar-refractivity contribution in [2.45, 2.75) is 57.7 Å². The van der Waals surface area contributed by atoms with E-state index in [1.807, 2.05) is 36.7 Å². The molecule has 1 aromatic heterocycles. The van der Waals surface area contributed by atoms with Crippen molar-refractivity contribution >= 4 is 5.91 Å². The Bertz CT molecular complexity index is 557. The van der Waals surface area contributed by atoms with Gasteiger partial charge in [-0.15, -0.1) is 0 Å². The summed E-state index contributed by atoms with van der Waals surface area (Å²) in [5, 5.41) is 17.8. The molecule has 0 unspecified atom stereocenters. The number of aliphatic hydroxyl groups is 1. The molecule has 2 fully saturated rings. The first-order chi connectivity index (χ1) is 11.4. The molecule has 1 aliphatic carbocycles. The quantitative estimate of drug-likeness (QED) is 0.855. The molecule has 24 heavy (non-hydrogen) atoms. The molecule has 1 amide bonds. The van der Waals surface area contributed by atoms with Crippen LogP contribution in [0.5, 0.6) is 0 Å². The van der Waals surface area contributed by atoms with Crippen molar-refractivity contribution in [3.05, 3.63) is 18.0 Å². The minimum atomic E-state index is -0.151. The van der Waals surface area contributed by atoms with Crippen molar-refractivity contribution in [1.82, 2.24) is 20.0 Å². The second-order valence-corrected chi connectivity index (χ2v) is 7.73. The van der Waals surface area contributed by atoms with Crippen LogP contribution in [0.4, 0.5) is 0 Å². The number of carbonyl (C=O) groups excluding carboxylic acids is 1. The summed E-state index contributed by atoms with van der Waals surface area (Å²) in [6, 6.07) is 0.670. The van der Waals surface area contributed by atoms with Gasteiger partial charge < -0.3 is 15.3 Å². The molecule has 0 aromatic carbocycles. The van der Waals surface area contributed by atoms with Crippen LogP contribution in [0.1, 0.15) is 51.1 Å². The van der Waals surface area contributed by atoms with E-state index in [1.54, 1.807) is 0 Å². The topological polar surface area (TPSA) is 70.4 Å². The van der Waals surface area contributed by atoms with Crippen LogP contribution < -0.4 is 5.32 Å². The molecule has 1 atom stereocenters. The molecule has 1 aromatic rings. The zero-order chi connectivity index (χ0) is 17.3. The summed E-state index contributed by atoms with van der Waals surface area (Å²) in [6.45, 7) is 5.60. The molecule has 6 heteroatoms. The summed E-state index contributed by atoms with van der Waals surface area (Å²) < 4.78 is 1.84. The Kier molecular flexibility index (Phi) is 5.25. The lowest BCUT2D eigenvalue weighted by Crippen LogP contribution is -2.49. The molecular weight excluding hydrogens is 304 g/mol. The maximum absolute atomic E-state index is 12.1. The molecule has 1 saturated heterocycles. The number of piperidine rings is 1. The predicted molar refractivity (Wildman–Crippen MR) is 92.3 cm³/mol. The summed E-state index contributed by atoms with van der Waals surface area (Å²) in [6.07, 6.45) is 7.55. The highest BCUT2D eigenvalue weighted by Crippen LogP contribution is 2.38. The Morgan fingerprint density at radius 3 is 2.50 bits per heavy atom. The Balaban J connectivity index is 1.59. The predicted octanol–water partition coefficient (Wildman–Crippen LogP) is 1.47. The van der Waals surface area contributed by atoms with Crippen molar-refractivity contribution in [1.29, 1.82) is 0 Å². The highest BCUT2D eigenvalue weighted by Gasteiger charge is 2.37. The summed E-state index contributed by atoms with van der Waals surface area (Å²) in [5.74, 6) is 0.813. The van der Waals surface area contributed by atoms with E-state index in [2.05, 4.69) is 16.6 Å². The fraction of sp³-hybridized carbons (Fsp3) is 0.778. The van der Waals surface area contributed by atoms with Gasteiger partial charge in [0.1, 0.15) is 0 Å². The average molecular weight is 334 g/mol.